The highest BCUT2D eigenvalue weighted by atomic mass is 16.2. The normalized spacial score (nSPS) is 22.1. The molecule has 1 aromatic heterocycles. The summed E-state index contributed by atoms with van der Waals surface area (Å²) in [5.74, 6) is -0.362. The first-order valence-electron chi connectivity index (χ1n) is 9.42. The lowest BCUT2D eigenvalue weighted by atomic mass is 9.97. The summed E-state index contributed by atoms with van der Waals surface area (Å²) in [6.45, 7) is 2.70. The lowest BCUT2D eigenvalue weighted by molar-refractivity contribution is -0.139. The van der Waals surface area contributed by atoms with E-state index in [-0.39, 0.29) is 30.7 Å². The van der Waals surface area contributed by atoms with Gasteiger partial charge in [-0.3, -0.25) is 14.4 Å². The van der Waals surface area contributed by atoms with E-state index in [1.165, 1.54) is 0 Å². The molecule has 8 nitrogen and oxygen atoms in total. The molecule has 3 heterocycles. The lowest BCUT2D eigenvalue weighted by Gasteiger charge is -2.29. The molecule has 0 aliphatic carbocycles. The number of amides is 3. The Morgan fingerprint density at radius 2 is 2.04 bits per heavy atom. The summed E-state index contributed by atoms with van der Waals surface area (Å²) in [5, 5.41) is 2.85. The second-order valence-corrected chi connectivity index (χ2v) is 7.23. The predicted molar refractivity (Wildman–Crippen MR) is 102 cm³/mol. The number of rotatable bonds is 3. The van der Waals surface area contributed by atoms with Crippen LogP contribution in [0.25, 0.3) is 0 Å². The largest absolute Gasteiger partial charge is 0.336 e. The first kappa shape index (κ1) is 18.2. The Morgan fingerprint density at radius 3 is 2.75 bits per heavy atom. The zero-order valence-corrected chi connectivity index (χ0v) is 16.0. The number of likely N-dealkylation sites (tertiary alicyclic amines) is 1. The Morgan fingerprint density at radius 1 is 1.25 bits per heavy atom. The van der Waals surface area contributed by atoms with Crippen molar-refractivity contribution in [3.8, 4) is 0 Å². The molecule has 2 atom stereocenters. The molecular formula is C20H23N5O3. The van der Waals surface area contributed by atoms with Crippen molar-refractivity contribution in [3.05, 3.63) is 48.0 Å². The number of fused-ring (bicyclic) bond motifs is 1. The first-order chi connectivity index (χ1) is 13.5. The highest BCUT2D eigenvalue weighted by Gasteiger charge is 2.47. The SMILES string of the molecule is CCN1C(=O)C[C@H](C(=O)N2CC(=O)Nc3ccccc3C2)[C@H]1c1nccn1C. The number of carbonyl (C=O) groups is 3. The average Bonchev–Trinajstić information content (AvgIpc) is 3.18. The summed E-state index contributed by atoms with van der Waals surface area (Å²) >= 11 is 0. The van der Waals surface area contributed by atoms with Crippen LogP contribution >= 0.6 is 0 Å². The Hall–Kier alpha value is -3.16. The van der Waals surface area contributed by atoms with Gasteiger partial charge in [0.05, 0.1) is 5.92 Å². The van der Waals surface area contributed by atoms with Gasteiger partial charge < -0.3 is 19.7 Å². The van der Waals surface area contributed by atoms with Crippen LogP contribution in [0.15, 0.2) is 36.7 Å². The maximum absolute atomic E-state index is 13.5. The molecule has 3 amide bonds. The molecule has 1 fully saturated rings. The van der Waals surface area contributed by atoms with Gasteiger partial charge in [-0.25, -0.2) is 4.98 Å². The molecule has 0 bridgehead atoms. The van der Waals surface area contributed by atoms with E-state index >= 15 is 0 Å². The zero-order valence-electron chi connectivity index (χ0n) is 16.0. The highest BCUT2D eigenvalue weighted by molar-refractivity contribution is 5.98. The van der Waals surface area contributed by atoms with Crippen LogP contribution in [-0.4, -0.2) is 50.2 Å². The quantitative estimate of drug-likeness (QED) is 0.868. The van der Waals surface area contributed by atoms with E-state index in [0.717, 1.165) is 11.3 Å². The number of imidazole rings is 1. The fraction of sp³-hybridized carbons (Fsp3) is 0.400. The summed E-state index contributed by atoms with van der Waals surface area (Å²) in [6.07, 6.45) is 3.61. The van der Waals surface area contributed by atoms with Gasteiger partial charge in [0, 0.05) is 44.6 Å². The number of nitrogens with one attached hydrogen (secondary N) is 1. The Kier molecular flexibility index (Phi) is 4.62. The van der Waals surface area contributed by atoms with Gasteiger partial charge in [-0.2, -0.15) is 0 Å². The van der Waals surface area contributed by atoms with Gasteiger partial charge >= 0.3 is 0 Å². The Bertz CT molecular complexity index is 937. The number of aromatic nitrogens is 2. The van der Waals surface area contributed by atoms with Crippen LogP contribution in [0.3, 0.4) is 0 Å². The third-order valence-corrected chi connectivity index (χ3v) is 5.51. The van der Waals surface area contributed by atoms with Crippen molar-refractivity contribution >= 4 is 23.4 Å². The van der Waals surface area contributed by atoms with Crippen molar-refractivity contribution < 1.29 is 14.4 Å². The molecule has 0 spiro atoms. The van der Waals surface area contributed by atoms with Crippen LogP contribution in [0.2, 0.25) is 0 Å². The Balaban J connectivity index is 1.67. The monoisotopic (exact) mass is 381 g/mol. The molecule has 1 saturated heterocycles. The van der Waals surface area contributed by atoms with E-state index in [1.807, 2.05) is 49.0 Å². The van der Waals surface area contributed by atoms with Crippen molar-refractivity contribution in [2.75, 3.05) is 18.4 Å². The van der Waals surface area contributed by atoms with Gasteiger partial charge in [0.15, 0.2) is 0 Å². The minimum absolute atomic E-state index is 0.0301. The number of aryl methyl sites for hydroxylation is 1. The van der Waals surface area contributed by atoms with Crippen molar-refractivity contribution in [3.63, 3.8) is 0 Å². The molecule has 146 valence electrons. The fourth-order valence-electron chi connectivity index (χ4n) is 4.16. The van der Waals surface area contributed by atoms with E-state index in [1.54, 1.807) is 16.0 Å². The molecule has 2 aliphatic rings. The van der Waals surface area contributed by atoms with Gasteiger partial charge in [-0.1, -0.05) is 18.2 Å². The maximum atomic E-state index is 13.5. The van der Waals surface area contributed by atoms with Gasteiger partial charge in [0.25, 0.3) is 0 Å². The van der Waals surface area contributed by atoms with Crippen LogP contribution in [0, 0.1) is 5.92 Å². The standard InChI is InChI=1S/C20H23N5O3/c1-3-25-17(27)10-14(18(25)19-21-8-9-23(19)2)20(28)24-11-13-6-4-5-7-15(13)22-16(26)12-24/h4-9,14,18H,3,10-12H2,1-2H3,(H,22,26)/t14-,18-/m0/s1. The minimum atomic E-state index is -0.563. The molecule has 1 N–H and O–H groups in total. The van der Waals surface area contributed by atoms with E-state index in [4.69, 9.17) is 0 Å². The number of para-hydroxylation sites is 1. The summed E-state index contributed by atoms with van der Waals surface area (Å²) in [5.41, 5.74) is 1.60. The number of hydrogen-bond donors (Lipinski definition) is 1. The molecule has 1 aromatic carbocycles. The molecule has 0 radical (unpaired) electrons. The first-order valence-corrected chi connectivity index (χ1v) is 9.42. The van der Waals surface area contributed by atoms with E-state index in [9.17, 15) is 14.4 Å². The molecule has 2 aliphatic heterocycles. The Labute approximate surface area is 163 Å². The van der Waals surface area contributed by atoms with Gasteiger partial charge in [-0.05, 0) is 18.6 Å². The average molecular weight is 381 g/mol. The molecule has 0 unspecified atom stereocenters. The second kappa shape index (κ2) is 7.10. The maximum Gasteiger partial charge on any atom is 0.244 e. The topological polar surface area (TPSA) is 87.5 Å². The van der Waals surface area contributed by atoms with Crippen LogP contribution < -0.4 is 5.32 Å². The number of benzene rings is 1. The third kappa shape index (κ3) is 3.04. The van der Waals surface area contributed by atoms with E-state index in [2.05, 4.69) is 10.3 Å². The van der Waals surface area contributed by atoms with Crippen molar-refractivity contribution in [1.82, 2.24) is 19.4 Å². The third-order valence-electron chi connectivity index (χ3n) is 5.51. The summed E-state index contributed by atoms with van der Waals surface area (Å²) in [7, 11) is 1.86. The van der Waals surface area contributed by atoms with Gasteiger partial charge in [-0.15, -0.1) is 0 Å². The van der Waals surface area contributed by atoms with Crippen LogP contribution in [0.1, 0.15) is 30.8 Å². The van der Waals surface area contributed by atoms with Crippen LogP contribution in [-0.2, 0) is 28.0 Å². The molecule has 2 aromatic rings. The number of hydrogen-bond acceptors (Lipinski definition) is 4. The smallest absolute Gasteiger partial charge is 0.244 e. The van der Waals surface area contributed by atoms with Crippen molar-refractivity contribution in [2.24, 2.45) is 13.0 Å². The molecule has 28 heavy (non-hydrogen) atoms. The van der Waals surface area contributed by atoms with Gasteiger partial charge in [0.1, 0.15) is 18.4 Å². The number of anilines is 1. The van der Waals surface area contributed by atoms with Crippen LogP contribution in [0.5, 0.6) is 0 Å². The minimum Gasteiger partial charge on any atom is -0.336 e. The summed E-state index contributed by atoms with van der Waals surface area (Å²) in [6, 6.07) is 7.04. The van der Waals surface area contributed by atoms with Crippen molar-refractivity contribution in [1.29, 1.82) is 0 Å². The molecule has 4 rings (SSSR count). The zero-order chi connectivity index (χ0) is 19.8. The summed E-state index contributed by atoms with van der Waals surface area (Å²) in [4.78, 5) is 46.0. The molecule has 8 heteroatoms. The predicted octanol–water partition coefficient (Wildman–Crippen LogP) is 1.31. The van der Waals surface area contributed by atoms with E-state index < -0.39 is 12.0 Å². The van der Waals surface area contributed by atoms with E-state index in [0.29, 0.717) is 18.9 Å². The number of carbonyl (C=O) groups excluding carboxylic acids is 3. The molecule has 0 saturated carbocycles. The van der Waals surface area contributed by atoms with Crippen LogP contribution in [0.4, 0.5) is 5.69 Å². The molecular weight excluding hydrogens is 358 g/mol. The highest BCUT2D eigenvalue weighted by Crippen LogP contribution is 2.38. The lowest BCUT2D eigenvalue weighted by Crippen LogP contribution is -2.41. The second-order valence-electron chi connectivity index (χ2n) is 7.23. The summed E-state index contributed by atoms with van der Waals surface area (Å²) < 4.78 is 1.84. The fourth-order valence-corrected chi connectivity index (χ4v) is 4.16. The van der Waals surface area contributed by atoms with Crippen molar-refractivity contribution in [2.45, 2.75) is 25.9 Å². The van der Waals surface area contributed by atoms with Gasteiger partial charge in [0.2, 0.25) is 17.7 Å². The number of nitrogens with zero attached hydrogens (tertiary/aromatic N) is 4.